The lowest BCUT2D eigenvalue weighted by atomic mass is 10.2. The van der Waals surface area contributed by atoms with Gasteiger partial charge < -0.3 is 9.64 Å². The van der Waals surface area contributed by atoms with Crippen molar-refractivity contribution in [1.29, 1.82) is 0 Å². The van der Waals surface area contributed by atoms with E-state index >= 15 is 0 Å². The van der Waals surface area contributed by atoms with Gasteiger partial charge in [-0.25, -0.2) is 0 Å². The van der Waals surface area contributed by atoms with Gasteiger partial charge in [-0.15, -0.1) is 11.6 Å². The number of non-ortho nitro benzene ring substituents is 1. The van der Waals surface area contributed by atoms with Gasteiger partial charge in [0.05, 0.1) is 17.7 Å². The van der Waals surface area contributed by atoms with E-state index in [-0.39, 0.29) is 10.6 Å². The van der Waals surface area contributed by atoms with Gasteiger partial charge in [0, 0.05) is 50.7 Å². The van der Waals surface area contributed by atoms with Gasteiger partial charge in [0.15, 0.2) is 0 Å². The SMILES string of the molecule is COc1ccc([N+](=O)[O-])cc1N1CCN(CCCl)CC1. The van der Waals surface area contributed by atoms with E-state index in [1.807, 2.05) is 0 Å². The molecule has 1 aromatic carbocycles. The van der Waals surface area contributed by atoms with Gasteiger partial charge in [0.2, 0.25) is 0 Å². The van der Waals surface area contributed by atoms with Crippen LogP contribution in [0.4, 0.5) is 11.4 Å². The van der Waals surface area contributed by atoms with Crippen LogP contribution in [0.15, 0.2) is 18.2 Å². The molecule has 0 radical (unpaired) electrons. The second-order valence-electron chi connectivity index (χ2n) is 4.63. The van der Waals surface area contributed by atoms with Crippen molar-refractivity contribution >= 4 is 23.0 Å². The van der Waals surface area contributed by atoms with Crippen LogP contribution in [0.5, 0.6) is 5.75 Å². The fourth-order valence-corrected chi connectivity index (χ4v) is 2.61. The maximum atomic E-state index is 10.9. The van der Waals surface area contributed by atoms with Crippen LogP contribution in [0.2, 0.25) is 0 Å². The second kappa shape index (κ2) is 6.76. The standard InChI is InChI=1S/C13H18ClN3O3/c1-20-13-3-2-11(17(18)19)10-12(13)16-8-6-15(5-4-14)7-9-16/h2-3,10H,4-9H2,1H3. The fraction of sp³-hybridized carbons (Fsp3) is 0.538. The molecule has 110 valence electrons. The molecule has 0 aliphatic carbocycles. The van der Waals surface area contributed by atoms with E-state index in [2.05, 4.69) is 9.80 Å². The molecule has 1 aliphatic rings. The Hall–Kier alpha value is -1.53. The molecule has 0 spiro atoms. The molecular formula is C13H18ClN3O3. The summed E-state index contributed by atoms with van der Waals surface area (Å²) in [7, 11) is 1.58. The summed E-state index contributed by atoms with van der Waals surface area (Å²) in [4.78, 5) is 14.9. The summed E-state index contributed by atoms with van der Waals surface area (Å²) in [6, 6.07) is 4.70. The van der Waals surface area contributed by atoms with Crippen LogP contribution in [-0.2, 0) is 0 Å². The fourth-order valence-electron chi connectivity index (χ4n) is 2.37. The molecule has 6 nitrogen and oxygen atoms in total. The Morgan fingerprint density at radius 3 is 2.60 bits per heavy atom. The van der Waals surface area contributed by atoms with Gasteiger partial charge in [-0.2, -0.15) is 0 Å². The lowest BCUT2D eigenvalue weighted by molar-refractivity contribution is -0.384. The van der Waals surface area contributed by atoms with Gasteiger partial charge in [-0.3, -0.25) is 15.0 Å². The lowest BCUT2D eigenvalue weighted by Gasteiger charge is -2.36. The molecule has 0 N–H and O–H groups in total. The third-order valence-corrected chi connectivity index (χ3v) is 3.66. The van der Waals surface area contributed by atoms with Crippen LogP contribution in [-0.4, -0.2) is 55.5 Å². The highest BCUT2D eigenvalue weighted by molar-refractivity contribution is 6.18. The number of hydrogen-bond acceptors (Lipinski definition) is 5. The first kappa shape index (κ1) is 14.9. The first-order chi connectivity index (χ1) is 9.65. The molecule has 0 saturated carbocycles. The summed E-state index contributed by atoms with van der Waals surface area (Å²) in [5.41, 5.74) is 0.871. The van der Waals surface area contributed by atoms with E-state index in [4.69, 9.17) is 16.3 Å². The van der Waals surface area contributed by atoms with Gasteiger partial charge in [-0.05, 0) is 6.07 Å². The highest BCUT2D eigenvalue weighted by Gasteiger charge is 2.21. The van der Waals surface area contributed by atoms with E-state index in [1.165, 1.54) is 6.07 Å². The van der Waals surface area contributed by atoms with Crippen molar-refractivity contribution in [2.24, 2.45) is 0 Å². The number of ether oxygens (including phenoxy) is 1. The molecule has 20 heavy (non-hydrogen) atoms. The average molecular weight is 300 g/mol. The topological polar surface area (TPSA) is 58.9 Å². The van der Waals surface area contributed by atoms with E-state index in [9.17, 15) is 10.1 Å². The van der Waals surface area contributed by atoms with E-state index in [0.29, 0.717) is 11.6 Å². The van der Waals surface area contributed by atoms with Crippen LogP contribution < -0.4 is 9.64 Å². The number of nitrogens with zero attached hydrogens (tertiary/aromatic N) is 3. The van der Waals surface area contributed by atoms with Crippen molar-refractivity contribution in [2.75, 3.05) is 50.6 Å². The first-order valence-electron chi connectivity index (χ1n) is 6.51. The van der Waals surface area contributed by atoms with E-state index < -0.39 is 0 Å². The molecule has 1 saturated heterocycles. The molecule has 0 bridgehead atoms. The van der Waals surface area contributed by atoms with Gasteiger partial charge in [0.25, 0.3) is 5.69 Å². The molecule has 1 aliphatic heterocycles. The van der Waals surface area contributed by atoms with E-state index in [0.717, 1.165) is 38.4 Å². The van der Waals surface area contributed by atoms with Crippen LogP contribution in [0.3, 0.4) is 0 Å². The first-order valence-corrected chi connectivity index (χ1v) is 7.05. The summed E-state index contributed by atoms with van der Waals surface area (Å²) in [6.07, 6.45) is 0. The number of halogens is 1. The molecule has 0 atom stereocenters. The normalized spacial score (nSPS) is 16.2. The minimum atomic E-state index is -0.382. The van der Waals surface area contributed by atoms with Crippen LogP contribution in [0.1, 0.15) is 0 Å². The highest BCUT2D eigenvalue weighted by Crippen LogP contribution is 2.32. The van der Waals surface area contributed by atoms with Crippen molar-refractivity contribution < 1.29 is 9.66 Å². The quantitative estimate of drug-likeness (QED) is 0.472. The lowest BCUT2D eigenvalue weighted by Crippen LogP contribution is -2.47. The molecule has 1 heterocycles. The van der Waals surface area contributed by atoms with Crippen molar-refractivity contribution in [3.05, 3.63) is 28.3 Å². The van der Waals surface area contributed by atoms with Gasteiger partial charge in [-0.1, -0.05) is 0 Å². The number of nitro groups is 1. The monoisotopic (exact) mass is 299 g/mol. The van der Waals surface area contributed by atoms with Crippen molar-refractivity contribution in [2.45, 2.75) is 0 Å². The molecule has 2 rings (SSSR count). The average Bonchev–Trinajstić information content (AvgIpc) is 2.47. The number of hydrogen-bond donors (Lipinski definition) is 0. The van der Waals surface area contributed by atoms with Crippen LogP contribution in [0, 0.1) is 10.1 Å². The summed E-state index contributed by atoms with van der Waals surface area (Å²) < 4.78 is 5.31. The third kappa shape index (κ3) is 3.32. The zero-order chi connectivity index (χ0) is 14.5. The van der Waals surface area contributed by atoms with Gasteiger partial charge in [0.1, 0.15) is 5.75 Å². The number of methoxy groups -OCH3 is 1. The Morgan fingerprint density at radius 1 is 1.35 bits per heavy atom. The second-order valence-corrected chi connectivity index (χ2v) is 5.01. The molecule has 0 aromatic heterocycles. The minimum Gasteiger partial charge on any atom is -0.495 e. The zero-order valence-electron chi connectivity index (χ0n) is 11.4. The van der Waals surface area contributed by atoms with E-state index in [1.54, 1.807) is 19.2 Å². The minimum absolute atomic E-state index is 0.0870. The van der Waals surface area contributed by atoms with Crippen molar-refractivity contribution in [3.8, 4) is 5.75 Å². The number of benzene rings is 1. The Morgan fingerprint density at radius 2 is 2.05 bits per heavy atom. The summed E-state index contributed by atoms with van der Waals surface area (Å²) in [6.45, 7) is 4.31. The number of alkyl halides is 1. The Labute approximate surface area is 123 Å². The number of piperazine rings is 1. The molecule has 1 fully saturated rings. The summed E-state index contributed by atoms with van der Waals surface area (Å²) >= 11 is 5.74. The maximum absolute atomic E-state index is 10.9. The maximum Gasteiger partial charge on any atom is 0.271 e. The molecule has 7 heteroatoms. The highest BCUT2D eigenvalue weighted by atomic mass is 35.5. The Kier molecular flexibility index (Phi) is 5.03. The third-order valence-electron chi connectivity index (χ3n) is 3.49. The van der Waals surface area contributed by atoms with Crippen LogP contribution in [0.25, 0.3) is 0 Å². The predicted molar refractivity (Wildman–Crippen MR) is 79.0 cm³/mol. The molecule has 0 amide bonds. The summed E-state index contributed by atoms with van der Waals surface area (Å²) in [5, 5.41) is 10.9. The largest absolute Gasteiger partial charge is 0.495 e. The smallest absolute Gasteiger partial charge is 0.271 e. The predicted octanol–water partition coefficient (Wildman–Crippen LogP) is 1.96. The zero-order valence-corrected chi connectivity index (χ0v) is 12.2. The number of rotatable bonds is 5. The summed E-state index contributed by atoms with van der Waals surface area (Å²) in [5.74, 6) is 1.29. The molecule has 0 unspecified atom stereocenters. The van der Waals surface area contributed by atoms with Crippen molar-refractivity contribution in [1.82, 2.24) is 4.90 Å². The molecule has 1 aromatic rings. The number of anilines is 1. The van der Waals surface area contributed by atoms with Crippen molar-refractivity contribution in [3.63, 3.8) is 0 Å². The Balaban J connectivity index is 2.15. The van der Waals surface area contributed by atoms with Crippen LogP contribution >= 0.6 is 11.6 Å². The van der Waals surface area contributed by atoms with Gasteiger partial charge >= 0.3 is 0 Å². The number of nitro benzene ring substituents is 1. The Bertz CT molecular complexity index is 476. The molecular weight excluding hydrogens is 282 g/mol.